The van der Waals surface area contributed by atoms with Crippen LogP contribution in [0.2, 0.25) is 0 Å². The standard InChI is InChI=1S/C21H27N3O2/c1-3-9-23-10-7-21(20(23)26)8-11-24(14-21)19-17(13-25)12-16-6-4-5-15(2)18(16)22-19/h4-6,12,25H,3,7-11,13-14H2,1-2H3. The minimum absolute atomic E-state index is 0.0361. The average molecular weight is 353 g/mol. The molecule has 1 spiro atoms. The third-order valence-corrected chi connectivity index (χ3v) is 6.02. The van der Waals surface area contributed by atoms with E-state index < -0.39 is 0 Å². The molecule has 2 aromatic rings. The van der Waals surface area contributed by atoms with Crippen LogP contribution in [0.1, 0.15) is 37.3 Å². The molecule has 26 heavy (non-hydrogen) atoms. The minimum atomic E-state index is -0.260. The first-order chi connectivity index (χ1) is 12.6. The number of amides is 1. The SMILES string of the molecule is CCCN1CCC2(CCN(c3nc4c(C)cccc4cc3CO)C2)C1=O. The Hall–Kier alpha value is -2.14. The summed E-state index contributed by atoms with van der Waals surface area (Å²) in [5.41, 5.74) is 2.69. The molecule has 0 bridgehead atoms. The number of aryl methyl sites for hydroxylation is 1. The zero-order chi connectivity index (χ0) is 18.3. The van der Waals surface area contributed by atoms with E-state index in [1.54, 1.807) is 0 Å². The summed E-state index contributed by atoms with van der Waals surface area (Å²) in [5.74, 6) is 1.15. The number of nitrogens with zero attached hydrogens (tertiary/aromatic N) is 3. The molecule has 5 nitrogen and oxygen atoms in total. The highest BCUT2D eigenvalue weighted by Crippen LogP contribution is 2.42. The molecule has 1 N–H and O–H groups in total. The van der Waals surface area contributed by atoms with Crippen molar-refractivity contribution in [3.63, 3.8) is 0 Å². The van der Waals surface area contributed by atoms with Crippen LogP contribution in [0, 0.1) is 12.3 Å². The molecule has 1 aromatic heterocycles. The van der Waals surface area contributed by atoms with Gasteiger partial charge in [0.15, 0.2) is 0 Å². The van der Waals surface area contributed by atoms with Crippen LogP contribution in [0.4, 0.5) is 5.82 Å². The molecule has 1 atom stereocenters. The Morgan fingerprint density at radius 3 is 2.85 bits per heavy atom. The van der Waals surface area contributed by atoms with Crippen LogP contribution in [0.3, 0.4) is 0 Å². The summed E-state index contributed by atoms with van der Waals surface area (Å²) in [6, 6.07) is 8.15. The predicted molar refractivity (Wildman–Crippen MR) is 103 cm³/mol. The van der Waals surface area contributed by atoms with E-state index >= 15 is 0 Å². The van der Waals surface area contributed by atoms with Crippen LogP contribution in [0.25, 0.3) is 10.9 Å². The monoisotopic (exact) mass is 353 g/mol. The Morgan fingerprint density at radius 1 is 1.27 bits per heavy atom. The van der Waals surface area contributed by atoms with Gasteiger partial charge < -0.3 is 14.9 Å². The summed E-state index contributed by atoms with van der Waals surface area (Å²) >= 11 is 0. The number of hydrogen-bond acceptors (Lipinski definition) is 4. The van der Waals surface area contributed by atoms with Crippen LogP contribution >= 0.6 is 0 Å². The lowest BCUT2D eigenvalue weighted by Gasteiger charge is -2.25. The van der Waals surface area contributed by atoms with E-state index in [9.17, 15) is 9.90 Å². The summed E-state index contributed by atoms with van der Waals surface area (Å²) in [6.45, 7) is 7.41. The maximum Gasteiger partial charge on any atom is 0.230 e. The zero-order valence-electron chi connectivity index (χ0n) is 15.7. The molecule has 5 heteroatoms. The lowest BCUT2D eigenvalue weighted by atomic mass is 9.85. The van der Waals surface area contributed by atoms with Crippen LogP contribution in [-0.4, -0.2) is 47.1 Å². The summed E-state index contributed by atoms with van der Waals surface area (Å²) in [4.78, 5) is 22.1. The van der Waals surface area contributed by atoms with Crippen molar-refractivity contribution in [2.45, 2.75) is 39.7 Å². The third kappa shape index (κ3) is 2.65. The highest BCUT2D eigenvalue weighted by molar-refractivity contribution is 5.87. The fourth-order valence-corrected chi connectivity index (χ4v) is 4.58. The lowest BCUT2D eigenvalue weighted by molar-refractivity contribution is -0.135. The van der Waals surface area contributed by atoms with Gasteiger partial charge in [-0.15, -0.1) is 0 Å². The van der Waals surface area contributed by atoms with Crippen LogP contribution < -0.4 is 4.90 Å². The largest absolute Gasteiger partial charge is 0.392 e. The van der Waals surface area contributed by atoms with Crippen LogP contribution in [0.5, 0.6) is 0 Å². The Kier molecular flexibility index (Phi) is 4.35. The second-order valence-corrected chi connectivity index (χ2v) is 7.77. The molecule has 0 aliphatic carbocycles. The molecule has 2 aliphatic rings. The number of para-hydroxylation sites is 1. The fourth-order valence-electron chi connectivity index (χ4n) is 4.58. The fraction of sp³-hybridized carbons (Fsp3) is 0.524. The number of carbonyl (C=O) groups excluding carboxylic acids is 1. The summed E-state index contributed by atoms with van der Waals surface area (Å²) in [7, 11) is 0. The van der Waals surface area contributed by atoms with E-state index in [1.807, 2.05) is 23.1 Å². The van der Waals surface area contributed by atoms with Gasteiger partial charge in [0, 0.05) is 37.1 Å². The Bertz CT molecular complexity index is 851. The molecule has 1 aromatic carbocycles. The normalized spacial score (nSPS) is 23.0. The quantitative estimate of drug-likeness (QED) is 0.918. The van der Waals surface area contributed by atoms with E-state index in [0.29, 0.717) is 12.5 Å². The lowest BCUT2D eigenvalue weighted by Crippen LogP contribution is -2.37. The number of fused-ring (bicyclic) bond motifs is 1. The third-order valence-electron chi connectivity index (χ3n) is 6.02. The van der Waals surface area contributed by atoms with Gasteiger partial charge >= 0.3 is 0 Å². The number of aliphatic hydroxyl groups excluding tert-OH is 1. The molecule has 0 saturated carbocycles. The van der Waals surface area contributed by atoms with E-state index in [1.165, 1.54) is 0 Å². The summed E-state index contributed by atoms with van der Waals surface area (Å²) in [6.07, 6.45) is 2.82. The van der Waals surface area contributed by atoms with Crippen molar-refractivity contribution in [2.24, 2.45) is 5.41 Å². The van der Waals surface area contributed by atoms with Gasteiger partial charge in [0.1, 0.15) is 5.82 Å². The molecule has 2 saturated heterocycles. The number of benzene rings is 1. The van der Waals surface area contributed by atoms with E-state index in [-0.39, 0.29) is 12.0 Å². The summed E-state index contributed by atoms with van der Waals surface area (Å²) < 4.78 is 0. The van der Waals surface area contributed by atoms with Crippen molar-refractivity contribution in [1.82, 2.24) is 9.88 Å². The molecule has 2 fully saturated rings. The van der Waals surface area contributed by atoms with Crippen LogP contribution in [-0.2, 0) is 11.4 Å². The molecule has 0 radical (unpaired) electrons. The molecule has 138 valence electrons. The van der Waals surface area contributed by atoms with E-state index in [2.05, 4.69) is 24.8 Å². The van der Waals surface area contributed by atoms with Crippen molar-refractivity contribution < 1.29 is 9.90 Å². The number of anilines is 1. The van der Waals surface area contributed by atoms with Crippen molar-refractivity contribution in [1.29, 1.82) is 0 Å². The van der Waals surface area contributed by atoms with Crippen molar-refractivity contribution in [2.75, 3.05) is 31.1 Å². The second-order valence-electron chi connectivity index (χ2n) is 7.77. The van der Waals surface area contributed by atoms with E-state index in [0.717, 1.165) is 66.7 Å². The first-order valence-corrected chi connectivity index (χ1v) is 9.62. The number of hydrogen-bond donors (Lipinski definition) is 1. The van der Waals surface area contributed by atoms with Crippen LogP contribution in [0.15, 0.2) is 24.3 Å². The molecular formula is C21H27N3O2. The van der Waals surface area contributed by atoms with Gasteiger partial charge in [-0.2, -0.15) is 0 Å². The molecular weight excluding hydrogens is 326 g/mol. The molecule has 1 unspecified atom stereocenters. The highest BCUT2D eigenvalue weighted by atomic mass is 16.3. The van der Waals surface area contributed by atoms with Gasteiger partial charge in [0.05, 0.1) is 17.5 Å². The number of aromatic nitrogens is 1. The average Bonchev–Trinajstić information content (AvgIpc) is 3.21. The van der Waals surface area contributed by atoms with Gasteiger partial charge in [0.2, 0.25) is 5.91 Å². The van der Waals surface area contributed by atoms with Crippen molar-refractivity contribution >= 4 is 22.6 Å². The van der Waals surface area contributed by atoms with Gasteiger partial charge in [0.25, 0.3) is 0 Å². The van der Waals surface area contributed by atoms with Crippen molar-refractivity contribution in [3.8, 4) is 0 Å². The Morgan fingerprint density at radius 2 is 2.08 bits per heavy atom. The number of carbonyl (C=O) groups is 1. The zero-order valence-corrected chi connectivity index (χ0v) is 15.7. The molecule has 1 amide bonds. The molecule has 4 rings (SSSR count). The maximum absolute atomic E-state index is 12.9. The summed E-state index contributed by atoms with van der Waals surface area (Å²) in [5, 5.41) is 10.9. The Labute approximate surface area is 154 Å². The predicted octanol–water partition coefficient (Wildman–Crippen LogP) is 2.87. The molecule has 2 aliphatic heterocycles. The van der Waals surface area contributed by atoms with Gasteiger partial charge in [-0.1, -0.05) is 25.1 Å². The van der Waals surface area contributed by atoms with E-state index in [4.69, 9.17) is 4.98 Å². The van der Waals surface area contributed by atoms with Gasteiger partial charge in [-0.3, -0.25) is 4.79 Å². The Balaban J connectivity index is 1.67. The first kappa shape index (κ1) is 17.3. The smallest absolute Gasteiger partial charge is 0.230 e. The van der Waals surface area contributed by atoms with Gasteiger partial charge in [-0.05, 0) is 37.8 Å². The number of rotatable bonds is 4. The maximum atomic E-state index is 12.9. The van der Waals surface area contributed by atoms with Crippen molar-refractivity contribution in [3.05, 3.63) is 35.4 Å². The first-order valence-electron chi connectivity index (χ1n) is 9.62. The highest BCUT2D eigenvalue weighted by Gasteiger charge is 2.50. The second kappa shape index (κ2) is 6.54. The number of likely N-dealkylation sites (tertiary alicyclic amines) is 1. The number of aliphatic hydroxyl groups is 1. The minimum Gasteiger partial charge on any atom is -0.392 e. The topological polar surface area (TPSA) is 56.7 Å². The van der Waals surface area contributed by atoms with Gasteiger partial charge in [-0.25, -0.2) is 4.98 Å². The molecule has 3 heterocycles. The number of pyridine rings is 1.